The van der Waals surface area contributed by atoms with Gasteiger partial charge in [-0.2, -0.15) is 0 Å². The fourth-order valence-electron chi connectivity index (χ4n) is 1.08. The summed E-state index contributed by atoms with van der Waals surface area (Å²) in [6.07, 6.45) is -0.673. The minimum Gasteiger partial charge on any atom is -0.481 e. The molecule has 0 heterocycles. The Morgan fingerprint density at radius 1 is 1.47 bits per heavy atom. The zero-order chi connectivity index (χ0) is 12.8. The second-order valence-corrected chi connectivity index (χ2v) is 4.30. The number of hydrogen-bond donors (Lipinski definition) is 2. The number of nitrogens with one attached hydrogen (secondary N) is 1. The van der Waals surface area contributed by atoms with Gasteiger partial charge < -0.3 is 15.3 Å². The molecule has 1 aromatic rings. The number of carbonyl (C=O) groups is 1. The van der Waals surface area contributed by atoms with Gasteiger partial charge >= 0.3 is 0 Å². The van der Waals surface area contributed by atoms with E-state index < -0.39 is 6.10 Å². The number of benzene rings is 1. The Morgan fingerprint density at radius 2 is 2.06 bits per heavy atom. The average molecular weight is 301 g/mol. The standard InChI is InChI=1S/C11H13BrN2O3/c1-7(11(15)13-8(2)14-16)17-10-5-3-9(12)4-6-10/h3-7,16H,1-2H3,(H,13,14,15). The van der Waals surface area contributed by atoms with Crippen LogP contribution in [0.25, 0.3) is 0 Å². The van der Waals surface area contributed by atoms with Gasteiger partial charge in [0.05, 0.1) is 0 Å². The van der Waals surface area contributed by atoms with E-state index in [0.29, 0.717) is 5.75 Å². The molecule has 0 fully saturated rings. The van der Waals surface area contributed by atoms with E-state index in [0.717, 1.165) is 4.47 Å². The maximum absolute atomic E-state index is 11.5. The van der Waals surface area contributed by atoms with Crippen LogP contribution < -0.4 is 10.1 Å². The van der Waals surface area contributed by atoms with E-state index in [1.165, 1.54) is 6.92 Å². The highest BCUT2D eigenvalue weighted by Crippen LogP contribution is 2.17. The van der Waals surface area contributed by atoms with Crippen molar-refractivity contribution in [2.75, 3.05) is 0 Å². The Kier molecular flexibility index (Phi) is 4.96. The van der Waals surface area contributed by atoms with Crippen molar-refractivity contribution in [1.29, 1.82) is 0 Å². The van der Waals surface area contributed by atoms with Gasteiger partial charge in [0.25, 0.3) is 5.91 Å². The van der Waals surface area contributed by atoms with Gasteiger partial charge in [0, 0.05) is 4.47 Å². The smallest absolute Gasteiger partial charge is 0.266 e. The summed E-state index contributed by atoms with van der Waals surface area (Å²) >= 11 is 3.30. The number of rotatable bonds is 3. The van der Waals surface area contributed by atoms with Crippen LogP contribution in [0.1, 0.15) is 13.8 Å². The molecule has 1 aromatic carbocycles. The molecule has 1 rings (SSSR count). The van der Waals surface area contributed by atoms with Gasteiger partial charge in [-0.25, -0.2) is 0 Å². The first-order chi connectivity index (χ1) is 8.02. The van der Waals surface area contributed by atoms with Gasteiger partial charge in [-0.05, 0) is 38.1 Å². The highest BCUT2D eigenvalue weighted by Gasteiger charge is 2.15. The largest absolute Gasteiger partial charge is 0.481 e. The van der Waals surface area contributed by atoms with Gasteiger partial charge in [0.1, 0.15) is 11.6 Å². The number of halogens is 1. The van der Waals surface area contributed by atoms with Crippen LogP contribution in [-0.4, -0.2) is 23.1 Å². The molecule has 0 aliphatic carbocycles. The van der Waals surface area contributed by atoms with E-state index in [-0.39, 0.29) is 11.7 Å². The second-order valence-electron chi connectivity index (χ2n) is 3.39. The fourth-order valence-corrected chi connectivity index (χ4v) is 1.34. The van der Waals surface area contributed by atoms with Gasteiger partial charge in [-0.1, -0.05) is 21.1 Å². The van der Waals surface area contributed by atoms with E-state index in [2.05, 4.69) is 26.4 Å². The normalized spacial score (nSPS) is 13.0. The lowest BCUT2D eigenvalue weighted by Gasteiger charge is -2.14. The zero-order valence-electron chi connectivity index (χ0n) is 9.48. The van der Waals surface area contributed by atoms with E-state index in [9.17, 15) is 4.79 Å². The highest BCUT2D eigenvalue weighted by molar-refractivity contribution is 9.10. The first-order valence-electron chi connectivity index (χ1n) is 4.94. The van der Waals surface area contributed by atoms with Crippen molar-refractivity contribution in [3.05, 3.63) is 28.7 Å². The van der Waals surface area contributed by atoms with Crippen molar-refractivity contribution in [3.8, 4) is 5.75 Å². The molecule has 0 aliphatic heterocycles. The van der Waals surface area contributed by atoms with Crippen LogP contribution in [0, 0.1) is 0 Å². The Labute approximate surface area is 108 Å². The third-order valence-electron chi connectivity index (χ3n) is 1.95. The van der Waals surface area contributed by atoms with E-state index in [1.807, 2.05) is 12.1 Å². The summed E-state index contributed by atoms with van der Waals surface area (Å²) in [5.74, 6) is 0.346. The van der Waals surface area contributed by atoms with Gasteiger partial charge in [-0.15, -0.1) is 0 Å². The van der Waals surface area contributed by atoms with Crippen LogP contribution in [0.4, 0.5) is 0 Å². The zero-order valence-corrected chi connectivity index (χ0v) is 11.1. The van der Waals surface area contributed by atoms with Crippen molar-refractivity contribution in [2.24, 2.45) is 5.16 Å². The molecule has 0 aromatic heterocycles. The lowest BCUT2D eigenvalue weighted by molar-refractivity contribution is -0.125. The summed E-state index contributed by atoms with van der Waals surface area (Å²) < 4.78 is 6.34. The molecular formula is C11H13BrN2O3. The predicted octanol–water partition coefficient (Wildman–Crippen LogP) is 2.14. The molecule has 0 aliphatic rings. The summed E-state index contributed by atoms with van der Waals surface area (Å²) in [7, 11) is 0. The molecule has 2 N–H and O–H groups in total. The number of amides is 1. The van der Waals surface area contributed by atoms with Crippen molar-refractivity contribution in [1.82, 2.24) is 5.32 Å². The maximum Gasteiger partial charge on any atom is 0.266 e. The van der Waals surface area contributed by atoms with Crippen molar-refractivity contribution in [2.45, 2.75) is 20.0 Å². The first-order valence-corrected chi connectivity index (χ1v) is 5.74. The van der Waals surface area contributed by atoms with Gasteiger partial charge in [0.15, 0.2) is 6.10 Å². The quantitative estimate of drug-likeness (QED) is 0.389. The average Bonchev–Trinajstić information content (AvgIpc) is 2.31. The first kappa shape index (κ1) is 13.5. The lowest BCUT2D eigenvalue weighted by Crippen LogP contribution is -2.38. The molecule has 1 amide bonds. The summed E-state index contributed by atoms with van der Waals surface area (Å²) in [5, 5.41) is 13.7. The van der Waals surface area contributed by atoms with Crippen LogP contribution in [0.15, 0.2) is 33.9 Å². The van der Waals surface area contributed by atoms with Gasteiger partial charge in [-0.3, -0.25) is 4.79 Å². The lowest BCUT2D eigenvalue weighted by atomic mass is 10.3. The third kappa shape index (κ3) is 4.44. The molecule has 0 saturated heterocycles. The van der Waals surface area contributed by atoms with E-state index >= 15 is 0 Å². The minimum atomic E-state index is -0.673. The number of nitrogens with zero attached hydrogens (tertiary/aromatic N) is 1. The van der Waals surface area contributed by atoms with Crippen LogP contribution in [0.5, 0.6) is 5.75 Å². The SMILES string of the molecule is CC(=NO)NC(=O)C(C)Oc1ccc(Br)cc1. The summed E-state index contributed by atoms with van der Waals surface area (Å²) in [6.45, 7) is 3.09. The predicted molar refractivity (Wildman–Crippen MR) is 67.3 cm³/mol. The maximum atomic E-state index is 11.5. The number of amidine groups is 1. The molecule has 5 nitrogen and oxygen atoms in total. The monoisotopic (exact) mass is 300 g/mol. The highest BCUT2D eigenvalue weighted by atomic mass is 79.9. The Hall–Kier alpha value is -1.56. The number of oxime groups is 1. The molecule has 0 bridgehead atoms. The Balaban J connectivity index is 2.57. The molecule has 0 spiro atoms. The number of ether oxygens (including phenoxy) is 1. The molecule has 1 unspecified atom stereocenters. The summed E-state index contributed by atoms with van der Waals surface area (Å²) in [6, 6.07) is 7.14. The van der Waals surface area contributed by atoms with Crippen LogP contribution in [0.2, 0.25) is 0 Å². The van der Waals surface area contributed by atoms with Crippen LogP contribution in [0.3, 0.4) is 0 Å². The molecule has 0 saturated carbocycles. The van der Waals surface area contributed by atoms with Gasteiger partial charge in [0.2, 0.25) is 0 Å². The minimum absolute atomic E-state index is 0.126. The number of carbonyl (C=O) groups excluding carboxylic acids is 1. The summed E-state index contributed by atoms with van der Waals surface area (Å²) in [5.41, 5.74) is 0. The molecular weight excluding hydrogens is 288 g/mol. The van der Waals surface area contributed by atoms with E-state index in [4.69, 9.17) is 9.94 Å². The van der Waals surface area contributed by atoms with Crippen LogP contribution >= 0.6 is 15.9 Å². The number of hydrogen-bond acceptors (Lipinski definition) is 4. The molecule has 92 valence electrons. The Morgan fingerprint density at radius 3 is 2.59 bits per heavy atom. The Bertz CT molecular complexity index is 417. The third-order valence-corrected chi connectivity index (χ3v) is 2.48. The molecule has 17 heavy (non-hydrogen) atoms. The van der Waals surface area contributed by atoms with Crippen molar-refractivity contribution in [3.63, 3.8) is 0 Å². The summed E-state index contributed by atoms with van der Waals surface area (Å²) in [4.78, 5) is 11.5. The molecule has 6 heteroatoms. The fraction of sp³-hybridized carbons (Fsp3) is 0.273. The molecule has 1 atom stereocenters. The molecule has 0 radical (unpaired) electrons. The van der Waals surface area contributed by atoms with Crippen molar-refractivity contribution >= 4 is 27.7 Å². The van der Waals surface area contributed by atoms with E-state index in [1.54, 1.807) is 19.1 Å². The van der Waals surface area contributed by atoms with Crippen molar-refractivity contribution < 1.29 is 14.7 Å². The second kappa shape index (κ2) is 6.24. The van der Waals surface area contributed by atoms with Crippen LogP contribution in [-0.2, 0) is 4.79 Å². The topological polar surface area (TPSA) is 70.9 Å².